The fraction of sp³-hybridized carbons (Fsp3) is 0.727. The highest BCUT2D eigenvalue weighted by Gasteiger charge is 2.01. The zero-order valence-corrected chi connectivity index (χ0v) is 9.43. The van der Waals surface area contributed by atoms with Crippen LogP contribution in [0.5, 0.6) is 0 Å². The summed E-state index contributed by atoms with van der Waals surface area (Å²) >= 11 is 0. The SMILES string of the molecule is CCCc1cnc(CNC(C)CC)[nH]1. The molecule has 0 aromatic carbocycles. The zero-order chi connectivity index (χ0) is 10.4. The van der Waals surface area contributed by atoms with E-state index in [2.05, 4.69) is 36.1 Å². The maximum Gasteiger partial charge on any atom is 0.120 e. The molecular weight excluding hydrogens is 174 g/mol. The van der Waals surface area contributed by atoms with Gasteiger partial charge in [-0.05, 0) is 19.8 Å². The first-order valence-electron chi connectivity index (χ1n) is 5.52. The molecule has 0 radical (unpaired) electrons. The molecule has 0 saturated carbocycles. The fourth-order valence-corrected chi connectivity index (χ4v) is 1.31. The summed E-state index contributed by atoms with van der Waals surface area (Å²) in [6, 6.07) is 0.565. The van der Waals surface area contributed by atoms with Gasteiger partial charge in [0.2, 0.25) is 0 Å². The Bertz CT molecular complexity index is 255. The van der Waals surface area contributed by atoms with Crippen LogP contribution >= 0.6 is 0 Å². The monoisotopic (exact) mass is 195 g/mol. The Hall–Kier alpha value is -0.830. The van der Waals surface area contributed by atoms with Crippen LogP contribution in [0.2, 0.25) is 0 Å². The van der Waals surface area contributed by atoms with Gasteiger partial charge >= 0.3 is 0 Å². The van der Waals surface area contributed by atoms with Crippen LogP contribution in [-0.4, -0.2) is 16.0 Å². The molecule has 0 aliphatic carbocycles. The average Bonchev–Trinajstić information content (AvgIpc) is 2.63. The quantitative estimate of drug-likeness (QED) is 0.731. The highest BCUT2D eigenvalue weighted by molar-refractivity contribution is 5.01. The molecule has 2 N–H and O–H groups in total. The Morgan fingerprint density at radius 1 is 1.50 bits per heavy atom. The topological polar surface area (TPSA) is 40.7 Å². The number of aromatic amines is 1. The van der Waals surface area contributed by atoms with Crippen LogP contribution in [-0.2, 0) is 13.0 Å². The molecule has 1 rings (SSSR count). The predicted octanol–water partition coefficient (Wildman–Crippen LogP) is 2.25. The summed E-state index contributed by atoms with van der Waals surface area (Å²) in [6.45, 7) is 7.40. The molecule has 1 aromatic rings. The van der Waals surface area contributed by atoms with Crippen molar-refractivity contribution < 1.29 is 0 Å². The second-order valence-corrected chi connectivity index (χ2v) is 3.80. The minimum Gasteiger partial charge on any atom is -0.345 e. The lowest BCUT2D eigenvalue weighted by Crippen LogP contribution is -2.24. The molecule has 3 heteroatoms. The first kappa shape index (κ1) is 11.2. The highest BCUT2D eigenvalue weighted by atomic mass is 15.0. The molecule has 0 bridgehead atoms. The summed E-state index contributed by atoms with van der Waals surface area (Å²) < 4.78 is 0. The summed E-state index contributed by atoms with van der Waals surface area (Å²) in [4.78, 5) is 7.64. The van der Waals surface area contributed by atoms with E-state index in [1.165, 1.54) is 12.1 Å². The molecule has 0 aliphatic heterocycles. The molecule has 3 nitrogen and oxygen atoms in total. The minimum atomic E-state index is 0.565. The van der Waals surface area contributed by atoms with Crippen LogP contribution in [0.15, 0.2) is 6.20 Å². The molecule has 1 atom stereocenters. The third-order valence-electron chi connectivity index (χ3n) is 2.43. The number of hydrogen-bond donors (Lipinski definition) is 2. The summed E-state index contributed by atoms with van der Waals surface area (Å²) in [5, 5.41) is 3.41. The van der Waals surface area contributed by atoms with Crippen LogP contribution in [0.1, 0.15) is 45.1 Å². The van der Waals surface area contributed by atoms with Gasteiger partial charge in [0, 0.05) is 17.9 Å². The van der Waals surface area contributed by atoms with E-state index < -0.39 is 0 Å². The number of nitrogens with zero attached hydrogens (tertiary/aromatic N) is 1. The van der Waals surface area contributed by atoms with E-state index in [9.17, 15) is 0 Å². The van der Waals surface area contributed by atoms with E-state index in [-0.39, 0.29) is 0 Å². The molecule has 1 unspecified atom stereocenters. The van der Waals surface area contributed by atoms with Crippen molar-refractivity contribution >= 4 is 0 Å². The van der Waals surface area contributed by atoms with Crippen molar-refractivity contribution in [3.05, 3.63) is 17.7 Å². The molecule has 14 heavy (non-hydrogen) atoms. The van der Waals surface area contributed by atoms with Gasteiger partial charge in [0.25, 0.3) is 0 Å². The predicted molar refractivity (Wildman–Crippen MR) is 59.2 cm³/mol. The van der Waals surface area contributed by atoms with E-state index in [1.807, 2.05) is 6.20 Å². The molecule has 0 fully saturated rings. The highest BCUT2D eigenvalue weighted by Crippen LogP contribution is 2.00. The lowest BCUT2D eigenvalue weighted by molar-refractivity contribution is 0.524. The van der Waals surface area contributed by atoms with Crippen LogP contribution in [0.3, 0.4) is 0 Å². The number of aromatic nitrogens is 2. The Balaban J connectivity index is 2.35. The average molecular weight is 195 g/mol. The number of imidazole rings is 1. The van der Waals surface area contributed by atoms with E-state index in [4.69, 9.17) is 0 Å². The summed E-state index contributed by atoms with van der Waals surface area (Å²) in [5.41, 5.74) is 1.24. The number of nitrogens with one attached hydrogen (secondary N) is 2. The van der Waals surface area contributed by atoms with Crippen LogP contribution < -0.4 is 5.32 Å². The second-order valence-electron chi connectivity index (χ2n) is 3.80. The van der Waals surface area contributed by atoms with Gasteiger partial charge in [0.15, 0.2) is 0 Å². The third-order valence-corrected chi connectivity index (χ3v) is 2.43. The van der Waals surface area contributed by atoms with Crippen molar-refractivity contribution in [1.82, 2.24) is 15.3 Å². The first-order chi connectivity index (χ1) is 6.76. The maximum atomic E-state index is 4.32. The van der Waals surface area contributed by atoms with E-state index in [0.717, 1.165) is 25.2 Å². The van der Waals surface area contributed by atoms with Crippen LogP contribution in [0.25, 0.3) is 0 Å². The van der Waals surface area contributed by atoms with Crippen molar-refractivity contribution in [3.8, 4) is 0 Å². The lowest BCUT2D eigenvalue weighted by Gasteiger charge is -2.08. The molecule has 0 spiro atoms. The molecule has 1 heterocycles. The number of aryl methyl sites for hydroxylation is 1. The van der Waals surface area contributed by atoms with E-state index >= 15 is 0 Å². The minimum absolute atomic E-state index is 0.565. The largest absolute Gasteiger partial charge is 0.345 e. The van der Waals surface area contributed by atoms with Gasteiger partial charge in [-0.15, -0.1) is 0 Å². The van der Waals surface area contributed by atoms with Crippen molar-refractivity contribution in [2.24, 2.45) is 0 Å². The molecule has 0 amide bonds. The molecule has 80 valence electrons. The normalized spacial score (nSPS) is 13.1. The zero-order valence-electron chi connectivity index (χ0n) is 9.43. The van der Waals surface area contributed by atoms with E-state index in [1.54, 1.807) is 0 Å². The summed E-state index contributed by atoms with van der Waals surface area (Å²) in [6.07, 6.45) is 5.36. The molecule has 1 aromatic heterocycles. The third kappa shape index (κ3) is 3.50. The lowest BCUT2D eigenvalue weighted by atomic mass is 10.2. The Labute approximate surface area is 86.3 Å². The van der Waals surface area contributed by atoms with Crippen molar-refractivity contribution in [2.75, 3.05) is 0 Å². The molecule has 0 saturated heterocycles. The standard InChI is InChI=1S/C11H21N3/c1-4-6-10-7-13-11(14-10)8-12-9(3)5-2/h7,9,12H,4-6,8H2,1-3H3,(H,13,14). The number of hydrogen-bond acceptors (Lipinski definition) is 2. The van der Waals surface area contributed by atoms with Crippen LogP contribution in [0.4, 0.5) is 0 Å². The maximum absolute atomic E-state index is 4.32. The Morgan fingerprint density at radius 2 is 2.29 bits per heavy atom. The van der Waals surface area contributed by atoms with Gasteiger partial charge in [-0.1, -0.05) is 20.3 Å². The Morgan fingerprint density at radius 3 is 2.93 bits per heavy atom. The second kappa shape index (κ2) is 5.81. The van der Waals surface area contributed by atoms with Crippen molar-refractivity contribution in [2.45, 2.75) is 52.6 Å². The summed E-state index contributed by atoms with van der Waals surface area (Å²) in [5.74, 6) is 1.05. The van der Waals surface area contributed by atoms with Gasteiger partial charge in [-0.25, -0.2) is 4.98 Å². The van der Waals surface area contributed by atoms with Gasteiger partial charge in [0.1, 0.15) is 5.82 Å². The summed E-state index contributed by atoms with van der Waals surface area (Å²) in [7, 11) is 0. The van der Waals surface area contributed by atoms with Crippen molar-refractivity contribution in [1.29, 1.82) is 0 Å². The van der Waals surface area contributed by atoms with Gasteiger partial charge in [-0.3, -0.25) is 0 Å². The fourth-order valence-electron chi connectivity index (χ4n) is 1.31. The first-order valence-corrected chi connectivity index (χ1v) is 5.52. The van der Waals surface area contributed by atoms with Gasteiger partial charge in [-0.2, -0.15) is 0 Å². The number of H-pyrrole nitrogens is 1. The van der Waals surface area contributed by atoms with Crippen LogP contribution in [0, 0.1) is 0 Å². The smallest absolute Gasteiger partial charge is 0.120 e. The van der Waals surface area contributed by atoms with Gasteiger partial charge < -0.3 is 10.3 Å². The number of rotatable bonds is 6. The van der Waals surface area contributed by atoms with Crippen molar-refractivity contribution in [3.63, 3.8) is 0 Å². The Kier molecular flexibility index (Phi) is 4.66. The molecular formula is C11H21N3. The van der Waals surface area contributed by atoms with E-state index in [0.29, 0.717) is 6.04 Å². The molecule has 0 aliphatic rings. The van der Waals surface area contributed by atoms with Gasteiger partial charge in [0.05, 0.1) is 6.54 Å².